The first kappa shape index (κ1) is 18.3. The molecule has 0 unspecified atom stereocenters. The molecule has 1 aromatic carbocycles. The Morgan fingerprint density at radius 3 is 2.74 bits per heavy atom. The molecular formula is C16H14N6O4S. The van der Waals surface area contributed by atoms with Crippen molar-refractivity contribution in [1.29, 1.82) is 5.26 Å². The van der Waals surface area contributed by atoms with Crippen LogP contribution in [0.5, 0.6) is 0 Å². The summed E-state index contributed by atoms with van der Waals surface area (Å²) in [4.78, 5) is 31.4. The number of aromatic nitrogens is 3. The molecule has 0 saturated heterocycles. The molecule has 0 bridgehead atoms. The molecule has 4 N–H and O–H groups in total. The van der Waals surface area contributed by atoms with E-state index in [1.54, 1.807) is 12.1 Å². The van der Waals surface area contributed by atoms with Crippen LogP contribution in [-0.2, 0) is 10.0 Å². The zero-order chi connectivity index (χ0) is 19.4. The number of nitriles is 1. The Kier molecular flexibility index (Phi) is 5.02. The van der Waals surface area contributed by atoms with Gasteiger partial charge in [-0.3, -0.25) is 9.78 Å². The number of rotatable bonds is 6. The lowest BCUT2D eigenvalue weighted by molar-refractivity contribution is 0.583. The first-order valence-electron chi connectivity index (χ1n) is 7.76. The van der Waals surface area contributed by atoms with Crippen LogP contribution in [0.4, 0.5) is 5.82 Å². The first-order chi connectivity index (χ1) is 12.9. The Balaban J connectivity index is 1.72. The van der Waals surface area contributed by atoms with Gasteiger partial charge in [-0.1, -0.05) is 0 Å². The van der Waals surface area contributed by atoms with E-state index in [-0.39, 0.29) is 28.9 Å². The van der Waals surface area contributed by atoms with Crippen molar-refractivity contribution in [2.45, 2.75) is 4.90 Å². The Morgan fingerprint density at radius 1 is 1.15 bits per heavy atom. The number of sulfonamides is 1. The van der Waals surface area contributed by atoms with Gasteiger partial charge in [0.15, 0.2) is 0 Å². The van der Waals surface area contributed by atoms with Crippen LogP contribution in [0.25, 0.3) is 10.9 Å². The molecule has 0 fully saturated rings. The van der Waals surface area contributed by atoms with Crippen molar-refractivity contribution in [1.82, 2.24) is 19.7 Å². The van der Waals surface area contributed by atoms with Crippen molar-refractivity contribution in [3.8, 4) is 6.07 Å². The molecule has 3 aromatic rings. The standard InChI is InChI=1S/C16H14N6O4S/c17-9-10-2-1-5-18-14(10)19-6-7-20-27(25,26)11-3-4-13-12(8-11)15(23)22-16(24)21-13/h1-5,8,20H,6-7H2,(H,18,19)(H2,21,22,23,24). The summed E-state index contributed by atoms with van der Waals surface area (Å²) in [6.45, 7) is 0.232. The van der Waals surface area contributed by atoms with Crippen molar-refractivity contribution >= 4 is 26.7 Å². The van der Waals surface area contributed by atoms with E-state index in [4.69, 9.17) is 5.26 Å². The molecule has 138 valence electrons. The van der Waals surface area contributed by atoms with E-state index in [1.165, 1.54) is 24.4 Å². The predicted octanol–water partition coefficient (Wildman–Crippen LogP) is -0.127. The first-order valence-corrected chi connectivity index (χ1v) is 9.24. The topological polar surface area (TPSA) is 161 Å². The Morgan fingerprint density at radius 2 is 1.96 bits per heavy atom. The molecule has 3 rings (SSSR count). The van der Waals surface area contributed by atoms with Gasteiger partial charge in [0.1, 0.15) is 11.9 Å². The molecular weight excluding hydrogens is 372 g/mol. The summed E-state index contributed by atoms with van der Waals surface area (Å²) in [5.41, 5.74) is -0.753. The number of hydrogen-bond donors (Lipinski definition) is 4. The normalized spacial score (nSPS) is 11.2. The average Bonchev–Trinajstić information content (AvgIpc) is 2.65. The fourth-order valence-corrected chi connectivity index (χ4v) is 3.46. The van der Waals surface area contributed by atoms with Crippen molar-refractivity contribution in [2.24, 2.45) is 0 Å². The Labute approximate surface area is 153 Å². The van der Waals surface area contributed by atoms with Gasteiger partial charge in [0.2, 0.25) is 10.0 Å². The molecule has 2 heterocycles. The average molecular weight is 386 g/mol. The minimum absolute atomic E-state index is 0.0315. The van der Waals surface area contributed by atoms with E-state index in [0.717, 1.165) is 0 Å². The minimum atomic E-state index is -3.87. The van der Waals surface area contributed by atoms with Gasteiger partial charge in [-0.15, -0.1) is 0 Å². The van der Waals surface area contributed by atoms with Gasteiger partial charge in [-0.2, -0.15) is 5.26 Å². The molecule has 0 atom stereocenters. The molecule has 0 aliphatic rings. The lowest BCUT2D eigenvalue weighted by Gasteiger charge is -2.09. The van der Waals surface area contributed by atoms with Crippen LogP contribution in [0.2, 0.25) is 0 Å². The van der Waals surface area contributed by atoms with Crippen LogP contribution >= 0.6 is 0 Å². The van der Waals surface area contributed by atoms with Gasteiger partial charge in [0.25, 0.3) is 5.56 Å². The van der Waals surface area contributed by atoms with Gasteiger partial charge in [-0.05, 0) is 30.3 Å². The maximum atomic E-state index is 12.4. The van der Waals surface area contributed by atoms with Gasteiger partial charge < -0.3 is 10.3 Å². The van der Waals surface area contributed by atoms with E-state index in [9.17, 15) is 18.0 Å². The molecule has 0 radical (unpaired) electrons. The number of pyridine rings is 1. The van der Waals surface area contributed by atoms with Gasteiger partial charge >= 0.3 is 5.69 Å². The van der Waals surface area contributed by atoms with Crippen LogP contribution in [-0.4, -0.2) is 36.5 Å². The lowest BCUT2D eigenvalue weighted by atomic mass is 10.2. The van der Waals surface area contributed by atoms with E-state index in [1.807, 2.05) is 11.1 Å². The van der Waals surface area contributed by atoms with Crippen LogP contribution in [0.15, 0.2) is 51.0 Å². The number of H-pyrrole nitrogens is 2. The van der Waals surface area contributed by atoms with Crippen LogP contribution in [0.1, 0.15) is 5.56 Å². The van der Waals surface area contributed by atoms with Gasteiger partial charge in [0, 0.05) is 19.3 Å². The fourth-order valence-electron chi connectivity index (χ4n) is 2.40. The van der Waals surface area contributed by atoms with Crippen molar-refractivity contribution in [3.63, 3.8) is 0 Å². The van der Waals surface area contributed by atoms with Crippen LogP contribution < -0.4 is 21.3 Å². The zero-order valence-corrected chi connectivity index (χ0v) is 14.6. The van der Waals surface area contributed by atoms with Crippen molar-refractivity contribution in [3.05, 3.63) is 62.9 Å². The highest BCUT2D eigenvalue weighted by Gasteiger charge is 2.15. The number of nitrogens with zero attached hydrogens (tertiary/aromatic N) is 2. The zero-order valence-electron chi connectivity index (χ0n) is 13.8. The summed E-state index contributed by atoms with van der Waals surface area (Å²) >= 11 is 0. The third kappa shape index (κ3) is 4.02. The minimum Gasteiger partial charge on any atom is -0.368 e. The number of fused-ring (bicyclic) bond motifs is 1. The summed E-state index contributed by atoms with van der Waals surface area (Å²) in [5.74, 6) is 0.361. The second-order valence-corrected chi connectivity index (χ2v) is 7.22. The van der Waals surface area contributed by atoms with Gasteiger partial charge in [0.05, 0.1) is 21.4 Å². The van der Waals surface area contributed by atoms with Crippen LogP contribution in [0.3, 0.4) is 0 Å². The molecule has 2 aromatic heterocycles. The summed E-state index contributed by atoms with van der Waals surface area (Å²) in [6.07, 6.45) is 1.52. The summed E-state index contributed by atoms with van der Waals surface area (Å²) in [6, 6.07) is 9.03. The third-order valence-electron chi connectivity index (χ3n) is 3.66. The third-order valence-corrected chi connectivity index (χ3v) is 5.12. The Bertz CT molecular complexity index is 1260. The largest absolute Gasteiger partial charge is 0.368 e. The summed E-state index contributed by atoms with van der Waals surface area (Å²) in [7, 11) is -3.87. The molecule has 0 spiro atoms. The number of benzene rings is 1. The highest BCUT2D eigenvalue weighted by atomic mass is 32.2. The molecule has 11 heteroatoms. The highest BCUT2D eigenvalue weighted by Crippen LogP contribution is 2.14. The van der Waals surface area contributed by atoms with Crippen LogP contribution in [0, 0.1) is 11.3 Å². The smallest absolute Gasteiger partial charge is 0.326 e. The van der Waals surface area contributed by atoms with E-state index in [2.05, 4.69) is 20.0 Å². The maximum absolute atomic E-state index is 12.4. The quantitative estimate of drug-likeness (QED) is 0.429. The lowest BCUT2D eigenvalue weighted by Crippen LogP contribution is -2.29. The molecule has 0 amide bonds. The molecule has 0 aliphatic heterocycles. The number of anilines is 1. The number of hydrogen-bond acceptors (Lipinski definition) is 7. The molecule has 0 saturated carbocycles. The SMILES string of the molecule is N#Cc1cccnc1NCCNS(=O)(=O)c1ccc2[nH]c(=O)[nH]c(=O)c2c1. The molecule has 10 nitrogen and oxygen atoms in total. The van der Waals surface area contributed by atoms with Crippen molar-refractivity contribution < 1.29 is 8.42 Å². The molecule has 27 heavy (non-hydrogen) atoms. The second-order valence-electron chi connectivity index (χ2n) is 5.45. The number of nitrogens with one attached hydrogen (secondary N) is 4. The highest BCUT2D eigenvalue weighted by molar-refractivity contribution is 7.89. The van der Waals surface area contributed by atoms with Gasteiger partial charge in [-0.25, -0.2) is 22.9 Å². The predicted molar refractivity (Wildman–Crippen MR) is 97.8 cm³/mol. The second kappa shape index (κ2) is 7.40. The Hall–Kier alpha value is -3.49. The van der Waals surface area contributed by atoms with E-state index in [0.29, 0.717) is 11.4 Å². The van der Waals surface area contributed by atoms with E-state index >= 15 is 0 Å². The fraction of sp³-hybridized carbons (Fsp3) is 0.125. The molecule has 0 aliphatic carbocycles. The summed E-state index contributed by atoms with van der Waals surface area (Å²) in [5, 5.41) is 11.9. The monoisotopic (exact) mass is 386 g/mol. The maximum Gasteiger partial charge on any atom is 0.326 e. The van der Waals surface area contributed by atoms with Crippen molar-refractivity contribution in [2.75, 3.05) is 18.4 Å². The number of aromatic amines is 2. The summed E-state index contributed by atoms with van der Waals surface area (Å²) < 4.78 is 27.2. The van der Waals surface area contributed by atoms with E-state index < -0.39 is 21.3 Å².